The summed E-state index contributed by atoms with van der Waals surface area (Å²) in [6.07, 6.45) is 1.92. The number of nitrogens with one attached hydrogen (secondary N) is 1. The Morgan fingerprint density at radius 2 is 1.84 bits per heavy atom. The van der Waals surface area contributed by atoms with Crippen molar-refractivity contribution >= 4 is 21.4 Å². The van der Waals surface area contributed by atoms with Gasteiger partial charge < -0.3 is 14.8 Å². The lowest BCUT2D eigenvalue weighted by atomic mass is 10.0. The largest absolute Gasteiger partial charge is 0.497 e. The van der Waals surface area contributed by atoms with Crippen LogP contribution in [0.4, 0.5) is 5.69 Å². The van der Waals surface area contributed by atoms with Gasteiger partial charge in [0, 0.05) is 19.2 Å². The minimum atomic E-state index is -3.05. The molecule has 0 saturated carbocycles. The smallest absolute Gasteiger partial charge is 0.246 e. The van der Waals surface area contributed by atoms with Crippen LogP contribution in [0.5, 0.6) is 11.5 Å². The van der Waals surface area contributed by atoms with Crippen LogP contribution < -0.4 is 14.8 Å². The maximum Gasteiger partial charge on any atom is 0.246 e. The first-order valence-electron chi connectivity index (χ1n) is 10.5. The van der Waals surface area contributed by atoms with E-state index in [1.165, 1.54) is 0 Å². The molecule has 0 bridgehead atoms. The van der Waals surface area contributed by atoms with E-state index in [1.807, 2.05) is 35.2 Å². The average Bonchev–Trinajstić information content (AvgIpc) is 2.77. The van der Waals surface area contributed by atoms with Crippen molar-refractivity contribution in [2.24, 2.45) is 0 Å². The second kappa shape index (κ2) is 10.6. The van der Waals surface area contributed by atoms with Crippen molar-refractivity contribution in [3.8, 4) is 11.5 Å². The number of benzene rings is 2. The average molecular weight is 447 g/mol. The molecule has 3 rings (SSSR count). The molecule has 1 aliphatic heterocycles. The van der Waals surface area contributed by atoms with Gasteiger partial charge in [-0.2, -0.15) is 0 Å². The molecule has 168 valence electrons. The minimum absolute atomic E-state index is 0.0498. The van der Waals surface area contributed by atoms with E-state index in [-0.39, 0.29) is 17.4 Å². The van der Waals surface area contributed by atoms with Gasteiger partial charge in [0.05, 0.1) is 30.9 Å². The maximum atomic E-state index is 13.5. The monoisotopic (exact) mass is 446 g/mol. The van der Waals surface area contributed by atoms with Crippen LogP contribution in [-0.4, -0.2) is 57.5 Å². The van der Waals surface area contributed by atoms with Crippen LogP contribution in [0.2, 0.25) is 0 Å². The first-order valence-corrected chi connectivity index (χ1v) is 12.4. The molecule has 1 unspecified atom stereocenters. The number of rotatable bonds is 9. The van der Waals surface area contributed by atoms with Gasteiger partial charge in [0.15, 0.2) is 9.84 Å². The van der Waals surface area contributed by atoms with E-state index < -0.39 is 15.9 Å². The lowest BCUT2D eigenvalue weighted by Crippen LogP contribution is -2.46. The fraction of sp³-hybridized carbons (Fsp3) is 0.435. The normalized spacial score (nSPS) is 17.0. The number of sulfone groups is 1. The molecule has 7 nitrogen and oxygen atoms in total. The van der Waals surface area contributed by atoms with Crippen LogP contribution in [0.25, 0.3) is 0 Å². The molecule has 1 N–H and O–H groups in total. The number of hydrogen-bond donors (Lipinski definition) is 1. The molecule has 1 atom stereocenters. The van der Waals surface area contributed by atoms with Gasteiger partial charge >= 0.3 is 0 Å². The summed E-state index contributed by atoms with van der Waals surface area (Å²) < 4.78 is 35.0. The highest BCUT2D eigenvalue weighted by atomic mass is 32.2. The Morgan fingerprint density at radius 3 is 2.48 bits per heavy atom. The Morgan fingerprint density at radius 1 is 1.13 bits per heavy atom. The van der Waals surface area contributed by atoms with E-state index in [1.54, 1.807) is 25.3 Å². The number of amides is 1. The van der Waals surface area contributed by atoms with Gasteiger partial charge in [0.2, 0.25) is 5.91 Å². The predicted molar refractivity (Wildman–Crippen MR) is 121 cm³/mol. The third-order valence-electron chi connectivity index (χ3n) is 5.31. The topological polar surface area (TPSA) is 84.9 Å². The van der Waals surface area contributed by atoms with E-state index in [0.717, 1.165) is 18.4 Å². The third-order valence-corrected chi connectivity index (χ3v) is 6.92. The summed E-state index contributed by atoms with van der Waals surface area (Å²) in [6, 6.07) is 14.1. The van der Waals surface area contributed by atoms with E-state index in [4.69, 9.17) is 9.47 Å². The van der Waals surface area contributed by atoms with Crippen LogP contribution >= 0.6 is 0 Å². The molecule has 31 heavy (non-hydrogen) atoms. The van der Waals surface area contributed by atoms with Crippen molar-refractivity contribution in [1.29, 1.82) is 0 Å². The summed E-state index contributed by atoms with van der Waals surface area (Å²) in [7, 11) is -1.49. The molecule has 2 aromatic carbocycles. The fourth-order valence-electron chi connectivity index (χ4n) is 3.54. The van der Waals surface area contributed by atoms with E-state index in [9.17, 15) is 13.2 Å². The van der Waals surface area contributed by atoms with Crippen LogP contribution in [0.3, 0.4) is 0 Å². The lowest BCUT2D eigenvalue weighted by Gasteiger charge is -2.33. The Labute approximate surface area is 184 Å². The van der Waals surface area contributed by atoms with E-state index in [2.05, 4.69) is 12.2 Å². The zero-order chi connectivity index (χ0) is 22.3. The molecule has 8 heteroatoms. The van der Waals surface area contributed by atoms with Crippen molar-refractivity contribution in [3.05, 3.63) is 54.1 Å². The van der Waals surface area contributed by atoms with Gasteiger partial charge in [-0.3, -0.25) is 9.69 Å². The summed E-state index contributed by atoms with van der Waals surface area (Å²) in [5.41, 5.74) is 1.35. The van der Waals surface area contributed by atoms with Gasteiger partial charge in [0.25, 0.3) is 0 Å². The van der Waals surface area contributed by atoms with Gasteiger partial charge in [-0.15, -0.1) is 0 Å². The van der Waals surface area contributed by atoms with Crippen LogP contribution in [0.1, 0.15) is 31.4 Å². The second-order valence-electron chi connectivity index (χ2n) is 7.55. The molecule has 1 fully saturated rings. The lowest BCUT2D eigenvalue weighted by molar-refractivity contribution is -0.121. The Bertz CT molecular complexity index is 965. The molecular weight excluding hydrogens is 416 g/mol. The standard InChI is InChI=1S/C23H30N2O5S/c1-3-4-14-30-21-11-10-19(29-2)17-20(21)24-23(26)22(18-8-6-5-7-9-18)25-12-15-31(27,28)16-13-25/h5-11,17,22H,3-4,12-16H2,1-2H3,(H,24,26). The van der Waals surface area contributed by atoms with Crippen molar-refractivity contribution in [2.45, 2.75) is 25.8 Å². The number of methoxy groups -OCH3 is 1. The summed E-state index contributed by atoms with van der Waals surface area (Å²) >= 11 is 0. The highest BCUT2D eigenvalue weighted by Gasteiger charge is 2.33. The first-order chi connectivity index (χ1) is 14.9. The highest BCUT2D eigenvalue weighted by Crippen LogP contribution is 2.32. The number of ether oxygens (including phenoxy) is 2. The van der Waals surface area contributed by atoms with Gasteiger partial charge in [-0.05, 0) is 24.1 Å². The van der Waals surface area contributed by atoms with Gasteiger partial charge in [-0.25, -0.2) is 8.42 Å². The van der Waals surface area contributed by atoms with Crippen LogP contribution in [-0.2, 0) is 14.6 Å². The third kappa shape index (κ3) is 6.21. The fourth-order valence-corrected chi connectivity index (χ4v) is 4.76. The van der Waals surface area contributed by atoms with Crippen molar-refractivity contribution in [1.82, 2.24) is 4.90 Å². The van der Waals surface area contributed by atoms with Crippen LogP contribution in [0, 0.1) is 0 Å². The van der Waals surface area contributed by atoms with Crippen LogP contribution in [0.15, 0.2) is 48.5 Å². The Kier molecular flexibility index (Phi) is 7.92. The number of carbonyl (C=O) groups is 1. The van der Waals surface area contributed by atoms with Crippen molar-refractivity contribution in [3.63, 3.8) is 0 Å². The molecule has 0 aromatic heterocycles. The van der Waals surface area contributed by atoms with E-state index >= 15 is 0 Å². The zero-order valence-corrected chi connectivity index (χ0v) is 18.9. The molecule has 1 aliphatic rings. The van der Waals surface area contributed by atoms with Gasteiger partial charge in [-0.1, -0.05) is 43.7 Å². The zero-order valence-electron chi connectivity index (χ0n) is 18.0. The summed E-state index contributed by atoms with van der Waals surface area (Å²) in [5.74, 6) is 1.05. The van der Waals surface area contributed by atoms with Crippen molar-refractivity contribution < 1.29 is 22.7 Å². The predicted octanol–water partition coefficient (Wildman–Crippen LogP) is 3.28. The Balaban J connectivity index is 1.86. The SMILES string of the molecule is CCCCOc1ccc(OC)cc1NC(=O)C(c1ccccc1)N1CCS(=O)(=O)CC1. The summed E-state index contributed by atoms with van der Waals surface area (Å²) in [4.78, 5) is 15.4. The molecule has 0 aliphatic carbocycles. The number of nitrogens with zero attached hydrogens (tertiary/aromatic N) is 1. The summed E-state index contributed by atoms with van der Waals surface area (Å²) in [5, 5.41) is 2.99. The number of anilines is 1. The van der Waals surface area contributed by atoms with E-state index in [0.29, 0.717) is 36.9 Å². The maximum absolute atomic E-state index is 13.5. The second-order valence-corrected chi connectivity index (χ2v) is 9.86. The highest BCUT2D eigenvalue weighted by molar-refractivity contribution is 7.91. The minimum Gasteiger partial charge on any atom is -0.497 e. The molecule has 1 amide bonds. The molecular formula is C23H30N2O5S. The number of unbranched alkanes of at least 4 members (excludes halogenated alkanes) is 1. The number of carbonyl (C=O) groups excluding carboxylic acids is 1. The molecule has 1 heterocycles. The summed E-state index contributed by atoms with van der Waals surface area (Å²) in [6.45, 7) is 3.27. The first kappa shape index (κ1) is 23.1. The molecule has 0 spiro atoms. The quantitative estimate of drug-likeness (QED) is 0.595. The molecule has 2 aromatic rings. The number of hydrogen-bond acceptors (Lipinski definition) is 6. The Hall–Kier alpha value is -2.58. The molecule has 0 radical (unpaired) electrons. The van der Waals surface area contributed by atoms with Crippen molar-refractivity contribution in [2.75, 3.05) is 43.6 Å². The van der Waals surface area contributed by atoms with Gasteiger partial charge in [0.1, 0.15) is 17.5 Å². The molecule has 1 saturated heterocycles.